The fourth-order valence-corrected chi connectivity index (χ4v) is 3.36. The van der Waals surface area contributed by atoms with Crippen LogP contribution in [0.1, 0.15) is 58.8 Å². The first-order valence-corrected chi connectivity index (χ1v) is 8.94. The Balaban J connectivity index is 0.00000242. The van der Waals surface area contributed by atoms with Gasteiger partial charge in [0, 0.05) is 32.8 Å². The topological polar surface area (TPSA) is 36.9 Å². The zero-order chi connectivity index (χ0) is 14.9. The number of rotatable bonds is 6. The number of aliphatic imine (C=N–C) groups is 1. The quantitative estimate of drug-likeness (QED) is 0.307. The zero-order valence-corrected chi connectivity index (χ0v) is 16.7. The Morgan fingerprint density at radius 3 is 2.68 bits per heavy atom. The van der Waals surface area contributed by atoms with Gasteiger partial charge in [-0.05, 0) is 44.9 Å². The maximum Gasteiger partial charge on any atom is 0.193 e. The Morgan fingerprint density at radius 2 is 2.00 bits per heavy atom. The molecule has 0 bridgehead atoms. The molecule has 2 rings (SSSR count). The van der Waals surface area contributed by atoms with Gasteiger partial charge in [-0.2, -0.15) is 0 Å². The van der Waals surface area contributed by atoms with Crippen LogP contribution in [0.5, 0.6) is 0 Å². The highest BCUT2D eigenvalue weighted by atomic mass is 127. The molecule has 22 heavy (non-hydrogen) atoms. The van der Waals surface area contributed by atoms with Gasteiger partial charge in [0.15, 0.2) is 5.96 Å². The van der Waals surface area contributed by atoms with Crippen molar-refractivity contribution in [2.75, 3.05) is 32.8 Å². The van der Waals surface area contributed by atoms with Crippen LogP contribution in [0.15, 0.2) is 4.99 Å². The van der Waals surface area contributed by atoms with Gasteiger partial charge in [0.25, 0.3) is 0 Å². The minimum absolute atomic E-state index is 0. The van der Waals surface area contributed by atoms with Crippen molar-refractivity contribution < 1.29 is 4.74 Å². The molecule has 4 nitrogen and oxygen atoms in total. The van der Waals surface area contributed by atoms with Crippen LogP contribution in [0.25, 0.3) is 0 Å². The summed E-state index contributed by atoms with van der Waals surface area (Å²) in [6.07, 6.45) is 9.43. The summed E-state index contributed by atoms with van der Waals surface area (Å²) < 4.78 is 5.90. The van der Waals surface area contributed by atoms with E-state index in [2.05, 4.69) is 24.1 Å². The van der Waals surface area contributed by atoms with Gasteiger partial charge in [0.1, 0.15) is 0 Å². The Bertz CT molecular complexity index is 319. The number of halogens is 1. The summed E-state index contributed by atoms with van der Waals surface area (Å²) >= 11 is 0. The summed E-state index contributed by atoms with van der Waals surface area (Å²) in [6.45, 7) is 9.46. The molecule has 2 aliphatic rings. The number of hydrogen-bond donors (Lipinski definition) is 1. The molecule has 130 valence electrons. The van der Waals surface area contributed by atoms with E-state index in [4.69, 9.17) is 9.73 Å². The van der Waals surface area contributed by atoms with Crippen LogP contribution < -0.4 is 5.32 Å². The molecule has 2 fully saturated rings. The van der Waals surface area contributed by atoms with Gasteiger partial charge in [-0.15, -0.1) is 24.0 Å². The molecular weight excluding hydrogens is 389 g/mol. The second-order valence-corrected chi connectivity index (χ2v) is 6.56. The fraction of sp³-hybridized carbons (Fsp3) is 0.941. The van der Waals surface area contributed by atoms with Crippen molar-refractivity contribution in [1.29, 1.82) is 0 Å². The number of hydrogen-bond acceptors (Lipinski definition) is 2. The Kier molecular flexibility index (Phi) is 10.4. The molecule has 0 aromatic rings. The first-order chi connectivity index (χ1) is 10.3. The number of likely N-dealkylation sites (tertiary alicyclic amines) is 1. The van der Waals surface area contributed by atoms with Gasteiger partial charge in [0.05, 0.1) is 6.10 Å². The molecule has 0 aromatic heterocycles. The van der Waals surface area contributed by atoms with Gasteiger partial charge >= 0.3 is 0 Å². The van der Waals surface area contributed by atoms with Crippen LogP contribution in [0.4, 0.5) is 0 Å². The summed E-state index contributed by atoms with van der Waals surface area (Å²) in [5.41, 5.74) is 0. The van der Waals surface area contributed by atoms with E-state index in [0.29, 0.717) is 6.10 Å². The highest BCUT2D eigenvalue weighted by Crippen LogP contribution is 2.20. The normalized spacial score (nSPS) is 23.5. The van der Waals surface area contributed by atoms with Crippen molar-refractivity contribution in [2.24, 2.45) is 10.9 Å². The molecule has 1 saturated heterocycles. The summed E-state index contributed by atoms with van der Waals surface area (Å²) in [6, 6.07) is 0. The van der Waals surface area contributed by atoms with Crippen LogP contribution in [0.2, 0.25) is 0 Å². The van der Waals surface area contributed by atoms with E-state index in [1.807, 2.05) is 0 Å². The lowest BCUT2D eigenvalue weighted by molar-refractivity contribution is 0.0579. The molecule has 5 heteroatoms. The Hall–Kier alpha value is -0.0400. The van der Waals surface area contributed by atoms with E-state index in [0.717, 1.165) is 51.1 Å². The smallest absolute Gasteiger partial charge is 0.193 e. The van der Waals surface area contributed by atoms with Crippen molar-refractivity contribution in [3.8, 4) is 0 Å². The highest BCUT2D eigenvalue weighted by Gasteiger charge is 2.19. The number of nitrogens with zero attached hydrogens (tertiary/aromatic N) is 2. The predicted octanol–water partition coefficient (Wildman–Crippen LogP) is 3.65. The lowest BCUT2D eigenvalue weighted by Gasteiger charge is -2.33. The molecule has 1 N–H and O–H groups in total. The van der Waals surface area contributed by atoms with E-state index < -0.39 is 0 Å². The fourth-order valence-electron chi connectivity index (χ4n) is 3.36. The Morgan fingerprint density at radius 1 is 1.23 bits per heavy atom. The van der Waals surface area contributed by atoms with Gasteiger partial charge in [0.2, 0.25) is 0 Å². The van der Waals surface area contributed by atoms with Crippen LogP contribution in [-0.2, 0) is 4.74 Å². The third kappa shape index (κ3) is 7.02. The SMILES string of the molecule is CCNC(=NCCCOC1CCCC1)N1CCCC(C)C1.I. The summed E-state index contributed by atoms with van der Waals surface area (Å²) in [5.74, 6) is 1.89. The number of nitrogens with one attached hydrogen (secondary N) is 1. The van der Waals surface area contributed by atoms with Gasteiger partial charge in [-0.25, -0.2) is 0 Å². The van der Waals surface area contributed by atoms with Crippen LogP contribution in [0, 0.1) is 5.92 Å². The summed E-state index contributed by atoms with van der Waals surface area (Å²) in [7, 11) is 0. The highest BCUT2D eigenvalue weighted by molar-refractivity contribution is 14.0. The molecule has 1 heterocycles. The number of guanidine groups is 1. The average Bonchev–Trinajstić information content (AvgIpc) is 2.99. The van der Waals surface area contributed by atoms with Gasteiger partial charge in [-0.3, -0.25) is 4.99 Å². The standard InChI is InChI=1S/C17H33N3O.HI/c1-3-18-17(20-12-6-8-15(2)14-20)19-11-7-13-21-16-9-4-5-10-16;/h15-16H,3-14H2,1-2H3,(H,18,19);1H. The monoisotopic (exact) mass is 423 g/mol. The first-order valence-electron chi connectivity index (χ1n) is 8.94. The molecular formula is C17H34IN3O. The number of piperidine rings is 1. The minimum Gasteiger partial charge on any atom is -0.378 e. The maximum absolute atomic E-state index is 5.90. The molecule has 0 spiro atoms. The third-order valence-electron chi connectivity index (χ3n) is 4.51. The number of ether oxygens (including phenoxy) is 1. The molecule has 1 atom stereocenters. The first kappa shape index (κ1) is 20.0. The van der Waals surface area contributed by atoms with Crippen molar-refractivity contribution in [2.45, 2.75) is 64.9 Å². The van der Waals surface area contributed by atoms with Crippen LogP contribution in [-0.4, -0.2) is 49.7 Å². The zero-order valence-electron chi connectivity index (χ0n) is 14.4. The van der Waals surface area contributed by atoms with Gasteiger partial charge < -0.3 is 15.0 Å². The lowest BCUT2D eigenvalue weighted by Crippen LogP contribution is -2.46. The van der Waals surface area contributed by atoms with E-state index in [9.17, 15) is 0 Å². The van der Waals surface area contributed by atoms with Crippen LogP contribution in [0.3, 0.4) is 0 Å². The summed E-state index contributed by atoms with van der Waals surface area (Å²) in [4.78, 5) is 7.21. The van der Waals surface area contributed by atoms with Crippen molar-refractivity contribution in [3.05, 3.63) is 0 Å². The molecule has 1 saturated carbocycles. The predicted molar refractivity (Wildman–Crippen MR) is 104 cm³/mol. The van der Waals surface area contributed by atoms with Crippen molar-refractivity contribution in [1.82, 2.24) is 10.2 Å². The lowest BCUT2D eigenvalue weighted by atomic mass is 10.0. The molecule has 0 aromatic carbocycles. The average molecular weight is 423 g/mol. The summed E-state index contributed by atoms with van der Waals surface area (Å²) in [5, 5.41) is 3.44. The van der Waals surface area contributed by atoms with Crippen LogP contribution >= 0.6 is 24.0 Å². The van der Waals surface area contributed by atoms with Crippen molar-refractivity contribution >= 4 is 29.9 Å². The van der Waals surface area contributed by atoms with E-state index in [1.165, 1.54) is 38.5 Å². The maximum atomic E-state index is 5.90. The molecule has 0 amide bonds. The second-order valence-electron chi connectivity index (χ2n) is 6.56. The molecule has 1 aliphatic heterocycles. The molecule has 1 aliphatic carbocycles. The van der Waals surface area contributed by atoms with E-state index >= 15 is 0 Å². The molecule has 0 radical (unpaired) electrons. The third-order valence-corrected chi connectivity index (χ3v) is 4.51. The largest absolute Gasteiger partial charge is 0.378 e. The van der Waals surface area contributed by atoms with Gasteiger partial charge in [-0.1, -0.05) is 19.8 Å². The Labute approximate surface area is 153 Å². The molecule has 1 unspecified atom stereocenters. The van der Waals surface area contributed by atoms with E-state index in [1.54, 1.807) is 0 Å². The van der Waals surface area contributed by atoms with Crippen molar-refractivity contribution in [3.63, 3.8) is 0 Å². The van der Waals surface area contributed by atoms with E-state index in [-0.39, 0.29) is 24.0 Å². The second kappa shape index (κ2) is 11.5. The minimum atomic E-state index is 0.